The zero-order valence-corrected chi connectivity index (χ0v) is 8.95. The van der Waals surface area contributed by atoms with Gasteiger partial charge in [0.1, 0.15) is 0 Å². The van der Waals surface area contributed by atoms with Crippen LogP contribution in [0.2, 0.25) is 0 Å². The van der Waals surface area contributed by atoms with Gasteiger partial charge in [0.15, 0.2) is 0 Å². The molecule has 2 aromatic heterocycles. The molecule has 76 valence electrons. The lowest BCUT2D eigenvalue weighted by Gasteiger charge is -1.98. The summed E-state index contributed by atoms with van der Waals surface area (Å²) < 4.78 is 0. The first-order chi connectivity index (χ1) is 7.45. The normalized spacial score (nSPS) is 10.7. The fraction of sp³-hybridized carbons (Fsp3) is 0.0909. The van der Waals surface area contributed by atoms with Crippen LogP contribution in [0.15, 0.2) is 47.1 Å². The highest BCUT2D eigenvalue weighted by atomic mass is 32.1. The minimum atomic E-state index is 0.727. The van der Waals surface area contributed by atoms with Crippen LogP contribution < -0.4 is 5.43 Å². The molecule has 0 saturated heterocycles. The highest BCUT2D eigenvalue weighted by Crippen LogP contribution is 2.04. The third-order valence-electron chi connectivity index (χ3n) is 1.86. The third-order valence-corrected chi connectivity index (χ3v) is 2.67. The monoisotopic (exact) mass is 217 g/mol. The maximum atomic E-state index is 4.12. The molecule has 1 N–H and O–H groups in total. The second-order valence-electron chi connectivity index (χ2n) is 2.96. The van der Waals surface area contributed by atoms with Crippen LogP contribution in [-0.4, -0.2) is 11.2 Å². The van der Waals surface area contributed by atoms with Gasteiger partial charge in [-0.15, -0.1) is 11.3 Å². The summed E-state index contributed by atoms with van der Waals surface area (Å²) in [7, 11) is 0. The maximum Gasteiger partial charge on any atom is 0.0640 e. The van der Waals surface area contributed by atoms with Crippen LogP contribution in [0.5, 0.6) is 0 Å². The summed E-state index contributed by atoms with van der Waals surface area (Å²) in [6.45, 7) is 0.727. The van der Waals surface area contributed by atoms with Crippen molar-refractivity contribution in [2.24, 2.45) is 5.10 Å². The largest absolute Gasteiger partial charge is 0.306 e. The Morgan fingerprint density at radius 1 is 1.33 bits per heavy atom. The van der Waals surface area contributed by atoms with Crippen LogP contribution in [0.3, 0.4) is 0 Å². The molecule has 3 nitrogen and oxygen atoms in total. The molecule has 0 unspecified atom stereocenters. The van der Waals surface area contributed by atoms with Crippen molar-refractivity contribution in [1.82, 2.24) is 10.4 Å². The van der Waals surface area contributed by atoms with E-state index in [0.29, 0.717) is 0 Å². The summed E-state index contributed by atoms with van der Waals surface area (Å²) in [6.07, 6.45) is 5.38. The van der Waals surface area contributed by atoms with E-state index < -0.39 is 0 Å². The van der Waals surface area contributed by atoms with E-state index in [4.69, 9.17) is 0 Å². The molecule has 0 aromatic carbocycles. The molecule has 0 atom stereocenters. The Balaban J connectivity index is 1.80. The highest BCUT2D eigenvalue weighted by molar-refractivity contribution is 7.11. The number of rotatable bonds is 4. The number of hydrogen-bond acceptors (Lipinski definition) is 4. The Morgan fingerprint density at radius 2 is 2.20 bits per heavy atom. The van der Waals surface area contributed by atoms with Gasteiger partial charge in [-0.2, -0.15) is 5.10 Å². The molecule has 0 radical (unpaired) electrons. The van der Waals surface area contributed by atoms with Crippen LogP contribution in [0, 0.1) is 0 Å². The number of nitrogens with zero attached hydrogens (tertiary/aromatic N) is 2. The lowest BCUT2D eigenvalue weighted by molar-refractivity contribution is 0.747. The van der Waals surface area contributed by atoms with E-state index in [9.17, 15) is 0 Å². The lowest BCUT2D eigenvalue weighted by atomic mass is 10.3. The second-order valence-corrected chi connectivity index (χ2v) is 3.94. The number of aromatic nitrogens is 1. The molecule has 2 rings (SSSR count). The SMILES string of the molecule is C(=NNCc1ccncc1)c1cccs1. The van der Waals surface area contributed by atoms with Gasteiger partial charge in [0, 0.05) is 17.3 Å². The first kappa shape index (κ1) is 9.86. The molecular formula is C11H11N3S. The van der Waals surface area contributed by atoms with Gasteiger partial charge in [0.05, 0.1) is 12.8 Å². The number of hydrogen-bond donors (Lipinski definition) is 1. The van der Waals surface area contributed by atoms with Crippen molar-refractivity contribution >= 4 is 17.6 Å². The van der Waals surface area contributed by atoms with Crippen molar-refractivity contribution < 1.29 is 0 Å². The molecule has 0 aliphatic heterocycles. The van der Waals surface area contributed by atoms with Crippen LogP contribution in [-0.2, 0) is 6.54 Å². The molecule has 0 fully saturated rings. The summed E-state index contributed by atoms with van der Waals surface area (Å²) in [5.74, 6) is 0. The molecule has 0 aliphatic rings. The Morgan fingerprint density at radius 3 is 2.93 bits per heavy atom. The van der Waals surface area contributed by atoms with E-state index in [1.165, 1.54) is 5.56 Å². The van der Waals surface area contributed by atoms with Gasteiger partial charge in [0.2, 0.25) is 0 Å². The molecular weight excluding hydrogens is 206 g/mol. The minimum absolute atomic E-state index is 0.727. The summed E-state index contributed by atoms with van der Waals surface area (Å²) in [5, 5.41) is 6.16. The van der Waals surface area contributed by atoms with Gasteiger partial charge in [0.25, 0.3) is 0 Å². The van der Waals surface area contributed by atoms with E-state index in [1.807, 2.05) is 35.9 Å². The topological polar surface area (TPSA) is 37.3 Å². The minimum Gasteiger partial charge on any atom is -0.306 e. The molecule has 0 spiro atoms. The molecule has 0 saturated carbocycles. The molecule has 15 heavy (non-hydrogen) atoms. The smallest absolute Gasteiger partial charge is 0.0640 e. The van der Waals surface area contributed by atoms with E-state index in [-0.39, 0.29) is 0 Å². The molecule has 4 heteroatoms. The van der Waals surface area contributed by atoms with Crippen molar-refractivity contribution in [3.8, 4) is 0 Å². The fourth-order valence-corrected chi connectivity index (χ4v) is 1.70. The lowest BCUT2D eigenvalue weighted by Crippen LogP contribution is -2.04. The molecule has 0 aliphatic carbocycles. The van der Waals surface area contributed by atoms with E-state index in [1.54, 1.807) is 23.7 Å². The van der Waals surface area contributed by atoms with Gasteiger partial charge < -0.3 is 5.43 Å². The molecule has 2 heterocycles. The van der Waals surface area contributed by atoms with Crippen LogP contribution in [0.25, 0.3) is 0 Å². The van der Waals surface area contributed by atoms with Crippen molar-refractivity contribution in [2.45, 2.75) is 6.54 Å². The average molecular weight is 217 g/mol. The second kappa shape index (κ2) is 5.26. The number of hydrazone groups is 1. The maximum absolute atomic E-state index is 4.12. The van der Waals surface area contributed by atoms with Gasteiger partial charge in [-0.1, -0.05) is 6.07 Å². The van der Waals surface area contributed by atoms with Crippen molar-refractivity contribution in [1.29, 1.82) is 0 Å². The summed E-state index contributed by atoms with van der Waals surface area (Å²) in [6, 6.07) is 7.97. The number of pyridine rings is 1. The Kier molecular flexibility index (Phi) is 3.46. The van der Waals surface area contributed by atoms with Crippen LogP contribution in [0.1, 0.15) is 10.4 Å². The quantitative estimate of drug-likeness (QED) is 0.630. The van der Waals surface area contributed by atoms with Crippen molar-refractivity contribution in [2.75, 3.05) is 0 Å². The summed E-state index contributed by atoms with van der Waals surface area (Å²) in [4.78, 5) is 5.10. The predicted molar refractivity (Wildman–Crippen MR) is 63.0 cm³/mol. The molecule has 0 amide bonds. The Hall–Kier alpha value is -1.68. The fourth-order valence-electron chi connectivity index (χ4n) is 1.11. The van der Waals surface area contributed by atoms with Crippen molar-refractivity contribution in [3.05, 3.63) is 52.5 Å². The summed E-state index contributed by atoms with van der Waals surface area (Å²) in [5.41, 5.74) is 4.16. The van der Waals surface area contributed by atoms with Gasteiger partial charge in [-0.05, 0) is 29.1 Å². The number of thiophene rings is 1. The zero-order chi connectivity index (χ0) is 10.3. The molecule has 2 aromatic rings. The predicted octanol–water partition coefficient (Wildman–Crippen LogP) is 2.27. The third kappa shape index (κ3) is 3.18. The van der Waals surface area contributed by atoms with Gasteiger partial charge in [-0.3, -0.25) is 4.98 Å². The Bertz CT molecular complexity index is 409. The number of nitrogens with one attached hydrogen (secondary N) is 1. The van der Waals surface area contributed by atoms with E-state index in [2.05, 4.69) is 15.5 Å². The molecule has 0 bridgehead atoms. The van der Waals surface area contributed by atoms with E-state index in [0.717, 1.165) is 11.4 Å². The van der Waals surface area contributed by atoms with Crippen LogP contribution in [0.4, 0.5) is 0 Å². The van der Waals surface area contributed by atoms with Gasteiger partial charge in [-0.25, -0.2) is 0 Å². The Labute approximate surface area is 92.5 Å². The first-order valence-corrected chi connectivity index (χ1v) is 5.51. The van der Waals surface area contributed by atoms with Crippen LogP contribution >= 0.6 is 11.3 Å². The standard InChI is InChI=1S/C11H11N3S/c1-2-11(15-7-1)9-14-13-8-10-3-5-12-6-4-10/h1-7,9,13H,8H2. The zero-order valence-electron chi connectivity index (χ0n) is 8.13. The van der Waals surface area contributed by atoms with E-state index >= 15 is 0 Å². The van der Waals surface area contributed by atoms with Crippen molar-refractivity contribution in [3.63, 3.8) is 0 Å². The van der Waals surface area contributed by atoms with Gasteiger partial charge >= 0.3 is 0 Å². The summed E-state index contributed by atoms with van der Waals surface area (Å²) >= 11 is 1.67. The average Bonchev–Trinajstić information content (AvgIpc) is 2.79. The first-order valence-electron chi connectivity index (χ1n) is 4.63. The highest BCUT2D eigenvalue weighted by Gasteiger charge is 1.88.